The number of halogens is 3. The lowest BCUT2D eigenvalue weighted by Crippen LogP contribution is -2.40. The Labute approximate surface area is 178 Å². The third kappa shape index (κ3) is 5.51. The van der Waals surface area contributed by atoms with Gasteiger partial charge in [0.05, 0.1) is 6.10 Å². The second-order valence-electron chi connectivity index (χ2n) is 9.37. The van der Waals surface area contributed by atoms with Crippen LogP contribution in [0.1, 0.15) is 66.2 Å². The molecule has 0 saturated heterocycles. The molecule has 0 unspecified atom stereocenters. The molecule has 0 heterocycles. The molecule has 5 nitrogen and oxygen atoms in total. The summed E-state index contributed by atoms with van der Waals surface area (Å²) in [6.07, 6.45) is 6.11. The zero-order chi connectivity index (χ0) is 22.7. The van der Waals surface area contributed by atoms with E-state index in [1.54, 1.807) is 0 Å². The van der Waals surface area contributed by atoms with Crippen molar-refractivity contribution in [3.05, 3.63) is 11.8 Å². The number of hydrogen-bond acceptors (Lipinski definition) is 5. The molecular weight excluding hydrogens is 421 g/mol. The molecule has 0 amide bonds. The molecule has 0 radical (unpaired) electrons. The Balaban J connectivity index is 2.29. The van der Waals surface area contributed by atoms with E-state index in [2.05, 4.69) is 25.0 Å². The van der Waals surface area contributed by atoms with E-state index in [1.165, 1.54) is 13.2 Å². The van der Waals surface area contributed by atoms with Crippen molar-refractivity contribution in [3.8, 4) is 0 Å². The predicted molar refractivity (Wildman–Crippen MR) is 108 cm³/mol. The fraction of sp³-hybridized carbons (Fsp3) is 0.905. The van der Waals surface area contributed by atoms with E-state index in [9.17, 15) is 21.6 Å². The van der Waals surface area contributed by atoms with Crippen LogP contribution in [0.3, 0.4) is 0 Å². The molecule has 2 rings (SSSR count). The first kappa shape index (κ1) is 25.5. The molecule has 30 heavy (non-hydrogen) atoms. The highest BCUT2D eigenvalue weighted by Crippen LogP contribution is 2.60. The molecule has 1 fully saturated rings. The average molecular weight is 457 g/mol. The second kappa shape index (κ2) is 9.77. The minimum Gasteiger partial charge on any atom is -0.380 e. The summed E-state index contributed by atoms with van der Waals surface area (Å²) >= 11 is 0. The van der Waals surface area contributed by atoms with E-state index in [1.807, 2.05) is 6.92 Å². The van der Waals surface area contributed by atoms with Crippen LogP contribution >= 0.6 is 0 Å². The van der Waals surface area contributed by atoms with Crippen LogP contribution in [0.5, 0.6) is 0 Å². The van der Waals surface area contributed by atoms with Gasteiger partial charge in [0.1, 0.15) is 12.6 Å². The van der Waals surface area contributed by atoms with Crippen LogP contribution in [-0.2, 0) is 23.8 Å². The number of fused-ring (bicyclic) bond motifs is 1. The number of rotatable bonds is 10. The molecule has 0 aliphatic heterocycles. The van der Waals surface area contributed by atoms with E-state index in [0.29, 0.717) is 24.7 Å². The lowest BCUT2D eigenvalue weighted by atomic mass is 9.63. The molecule has 9 heteroatoms. The molecule has 176 valence electrons. The summed E-state index contributed by atoms with van der Waals surface area (Å²) in [7, 11) is -4.25. The van der Waals surface area contributed by atoms with Gasteiger partial charge in [0, 0.05) is 13.0 Å². The summed E-state index contributed by atoms with van der Waals surface area (Å²) in [4.78, 5) is 0. The molecule has 1 saturated carbocycles. The maximum absolute atomic E-state index is 12.9. The largest absolute Gasteiger partial charge is 0.534 e. The van der Waals surface area contributed by atoms with E-state index in [-0.39, 0.29) is 18.5 Å². The van der Waals surface area contributed by atoms with Crippen molar-refractivity contribution >= 4 is 10.1 Å². The molecule has 0 bridgehead atoms. The van der Waals surface area contributed by atoms with Gasteiger partial charge in [-0.1, -0.05) is 47.0 Å². The van der Waals surface area contributed by atoms with Gasteiger partial charge in [0.2, 0.25) is 0 Å². The van der Waals surface area contributed by atoms with E-state index in [4.69, 9.17) is 9.47 Å². The zero-order valence-electron chi connectivity index (χ0n) is 18.5. The first-order valence-corrected chi connectivity index (χ1v) is 12.1. The Morgan fingerprint density at radius 2 is 1.90 bits per heavy atom. The van der Waals surface area contributed by atoms with Crippen molar-refractivity contribution in [1.29, 1.82) is 0 Å². The molecule has 0 N–H and O–H groups in total. The van der Waals surface area contributed by atoms with Crippen molar-refractivity contribution in [2.24, 2.45) is 29.1 Å². The van der Waals surface area contributed by atoms with Crippen molar-refractivity contribution in [3.63, 3.8) is 0 Å². The summed E-state index contributed by atoms with van der Waals surface area (Å²) in [6, 6.07) is 0. The van der Waals surface area contributed by atoms with Crippen molar-refractivity contribution in [2.45, 2.75) is 77.8 Å². The Morgan fingerprint density at radius 3 is 2.47 bits per heavy atom. The maximum Gasteiger partial charge on any atom is 0.534 e. The predicted octanol–water partition coefficient (Wildman–Crippen LogP) is 5.62. The van der Waals surface area contributed by atoms with Gasteiger partial charge in [-0.25, -0.2) is 0 Å². The standard InChI is InChI=1S/C21H35F3O5S/c1-14(2)8-6-9-15(3)16-12-18(28-13-27-5)19-17(10-7-11-20(16,19)4)29-30(25,26)21(22,23)24/h10,14-16,18-19H,6-9,11-13H2,1-5H3/t15-,16-,18+,19-,20-/m1/s1. The van der Waals surface area contributed by atoms with Gasteiger partial charge in [-0.3, -0.25) is 0 Å². The highest BCUT2D eigenvalue weighted by molar-refractivity contribution is 7.87. The lowest BCUT2D eigenvalue weighted by Gasteiger charge is -2.43. The Bertz CT molecular complexity index is 704. The van der Waals surface area contributed by atoms with Crippen LogP contribution in [0.15, 0.2) is 11.8 Å². The molecule has 2 aliphatic carbocycles. The van der Waals surface area contributed by atoms with Crippen LogP contribution in [0.4, 0.5) is 13.2 Å². The number of allylic oxidation sites excluding steroid dienone is 1. The normalized spacial score (nSPS) is 30.8. The summed E-state index contributed by atoms with van der Waals surface area (Å²) in [6.45, 7) is 8.57. The third-order valence-corrected chi connectivity index (χ3v) is 7.75. The molecule has 2 aliphatic rings. The van der Waals surface area contributed by atoms with E-state index in [0.717, 1.165) is 25.7 Å². The first-order valence-electron chi connectivity index (χ1n) is 10.6. The molecule has 0 aromatic heterocycles. The lowest BCUT2D eigenvalue weighted by molar-refractivity contribution is -0.0925. The minimum absolute atomic E-state index is 0.00893. The van der Waals surface area contributed by atoms with E-state index >= 15 is 0 Å². The minimum atomic E-state index is -5.72. The smallest absolute Gasteiger partial charge is 0.380 e. The summed E-state index contributed by atoms with van der Waals surface area (Å²) in [5.74, 6) is 0.450. The first-order chi connectivity index (χ1) is 13.8. The van der Waals surface area contributed by atoms with Gasteiger partial charge in [-0.2, -0.15) is 21.6 Å². The second-order valence-corrected chi connectivity index (χ2v) is 10.9. The molecular formula is C21H35F3O5S. The average Bonchev–Trinajstić information content (AvgIpc) is 2.91. The van der Waals surface area contributed by atoms with Crippen molar-refractivity contribution < 1.29 is 35.2 Å². The zero-order valence-corrected chi connectivity index (χ0v) is 19.3. The highest BCUT2D eigenvalue weighted by atomic mass is 32.2. The maximum atomic E-state index is 12.9. The summed E-state index contributed by atoms with van der Waals surface area (Å²) in [5, 5.41) is 0. The molecule has 0 spiro atoms. The summed E-state index contributed by atoms with van der Waals surface area (Å²) < 4.78 is 77.7. The van der Waals surface area contributed by atoms with Gasteiger partial charge < -0.3 is 13.7 Å². The third-order valence-electron chi connectivity index (χ3n) is 6.77. The molecule has 0 aromatic rings. The van der Waals surface area contributed by atoms with Gasteiger partial charge in [0.25, 0.3) is 0 Å². The van der Waals surface area contributed by atoms with Crippen LogP contribution in [0.25, 0.3) is 0 Å². The summed E-state index contributed by atoms with van der Waals surface area (Å²) in [5.41, 5.74) is -5.87. The Hall–Kier alpha value is -0.800. The van der Waals surface area contributed by atoms with Crippen LogP contribution in [0, 0.1) is 29.1 Å². The Morgan fingerprint density at radius 1 is 1.23 bits per heavy atom. The number of methoxy groups -OCH3 is 1. The fourth-order valence-electron chi connectivity index (χ4n) is 5.32. The quantitative estimate of drug-likeness (QED) is 0.242. The number of ether oxygens (including phenoxy) is 2. The van der Waals surface area contributed by atoms with Gasteiger partial charge in [-0.15, -0.1) is 0 Å². The van der Waals surface area contributed by atoms with Crippen LogP contribution in [-0.4, -0.2) is 33.9 Å². The Kier molecular flexibility index (Phi) is 8.30. The van der Waals surface area contributed by atoms with Crippen LogP contribution in [0.2, 0.25) is 0 Å². The number of hydrogen-bond donors (Lipinski definition) is 0. The monoisotopic (exact) mass is 456 g/mol. The van der Waals surface area contributed by atoms with E-state index < -0.39 is 33.1 Å². The molecule has 5 atom stereocenters. The topological polar surface area (TPSA) is 61.8 Å². The number of alkyl halides is 3. The molecule has 0 aromatic carbocycles. The van der Waals surface area contributed by atoms with Gasteiger partial charge in [0.15, 0.2) is 0 Å². The van der Waals surface area contributed by atoms with Crippen LogP contribution < -0.4 is 0 Å². The SMILES string of the molecule is COCO[C@H]1C[C@H]([C@H](C)CCCC(C)C)[C@@]2(C)CCC=C(OS(=O)(=O)C(F)(F)F)[C@H]12. The van der Waals surface area contributed by atoms with Gasteiger partial charge >= 0.3 is 15.6 Å². The van der Waals surface area contributed by atoms with Crippen molar-refractivity contribution in [2.75, 3.05) is 13.9 Å². The van der Waals surface area contributed by atoms with Crippen molar-refractivity contribution in [1.82, 2.24) is 0 Å². The highest BCUT2D eigenvalue weighted by Gasteiger charge is 2.58. The fourth-order valence-corrected chi connectivity index (χ4v) is 5.84. The van der Waals surface area contributed by atoms with Gasteiger partial charge in [-0.05, 0) is 48.5 Å².